The Bertz CT molecular complexity index is 1990. The summed E-state index contributed by atoms with van der Waals surface area (Å²) >= 11 is 0. The van der Waals surface area contributed by atoms with E-state index < -0.39 is 0 Å². The summed E-state index contributed by atoms with van der Waals surface area (Å²) < 4.78 is 0. The van der Waals surface area contributed by atoms with Crippen LogP contribution < -0.4 is 15.8 Å². The van der Waals surface area contributed by atoms with E-state index in [1.807, 2.05) is 42.5 Å². The van der Waals surface area contributed by atoms with Crippen molar-refractivity contribution in [1.82, 2.24) is 14.9 Å². The SMILES string of the molecule is CCN(CC)CC#Cc1cccc(-c2cc(C(C)C)c(NC(=O)N(CCc3ccccc3)c3cc4cccnc4[nH]c3=O)c(C(C)C)c2)c1. The molecule has 0 spiro atoms. The Morgan fingerprint density at radius 1 is 0.857 bits per heavy atom. The number of nitrogens with zero attached hydrogens (tertiary/aromatic N) is 3. The lowest BCUT2D eigenvalue weighted by Crippen LogP contribution is -2.40. The van der Waals surface area contributed by atoms with E-state index in [1.165, 1.54) is 0 Å². The minimum absolute atomic E-state index is 0.123. The molecule has 0 fully saturated rings. The first-order valence-corrected chi connectivity index (χ1v) is 17.3. The fraction of sp³-hybridized carbons (Fsp3) is 0.310. The molecule has 7 heteroatoms. The molecule has 7 nitrogen and oxygen atoms in total. The van der Waals surface area contributed by atoms with Crippen LogP contribution in [0.3, 0.4) is 0 Å². The molecular formula is C42H47N5O2. The standard InChI is InChI=1S/C42H47N5O2/c1-7-46(8-2)23-14-18-32-17-12-19-33(25-32)35-26-36(29(3)4)39(37(27-35)30(5)6)44-42(49)47(24-21-31-15-10-9-11-16-31)38-28-34-20-13-22-43-40(34)45-41(38)48/h9-13,15-17,19-20,22,25-30H,7-8,21,23-24H2,1-6H3,(H,44,49)(H,43,45,48). The van der Waals surface area contributed by atoms with Gasteiger partial charge < -0.3 is 10.3 Å². The predicted molar refractivity (Wildman–Crippen MR) is 204 cm³/mol. The van der Waals surface area contributed by atoms with E-state index in [-0.39, 0.29) is 29.1 Å². The number of hydrogen-bond acceptors (Lipinski definition) is 4. The van der Waals surface area contributed by atoms with E-state index in [0.29, 0.717) is 18.6 Å². The van der Waals surface area contributed by atoms with Crippen molar-refractivity contribution in [2.75, 3.05) is 36.4 Å². The molecule has 2 amide bonds. The zero-order valence-electron chi connectivity index (χ0n) is 29.5. The largest absolute Gasteiger partial charge is 0.326 e. The number of nitrogens with one attached hydrogen (secondary N) is 2. The summed E-state index contributed by atoms with van der Waals surface area (Å²) in [6.07, 6.45) is 2.22. The number of benzene rings is 3. The molecule has 0 saturated heterocycles. The Balaban J connectivity index is 1.53. The van der Waals surface area contributed by atoms with Crippen LogP contribution in [-0.2, 0) is 6.42 Å². The summed E-state index contributed by atoms with van der Waals surface area (Å²) in [6, 6.07) is 27.8. The van der Waals surface area contributed by atoms with Crippen LogP contribution >= 0.6 is 0 Å². The fourth-order valence-corrected chi connectivity index (χ4v) is 6.00. The number of fused-ring (bicyclic) bond motifs is 1. The third kappa shape index (κ3) is 8.65. The lowest BCUT2D eigenvalue weighted by Gasteiger charge is -2.27. The smallest absolute Gasteiger partial charge is 0.307 e. The minimum atomic E-state index is -0.363. The number of urea groups is 1. The maximum Gasteiger partial charge on any atom is 0.326 e. The van der Waals surface area contributed by atoms with Crippen LogP contribution in [0.1, 0.15) is 75.6 Å². The molecule has 0 radical (unpaired) electrons. The molecule has 5 aromatic rings. The molecule has 0 unspecified atom stereocenters. The van der Waals surface area contributed by atoms with Crippen LogP contribution in [0.5, 0.6) is 0 Å². The predicted octanol–water partition coefficient (Wildman–Crippen LogP) is 8.81. The number of rotatable bonds is 11. The van der Waals surface area contributed by atoms with E-state index >= 15 is 0 Å². The van der Waals surface area contributed by atoms with Crippen LogP contribution in [0.4, 0.5) is 16.2 Å². The quantitative estimate of drug-likeness (QED) is 0.140. The van der Waals surface area contributed by atoms with Gasteiger partial charge in [-0.15, -0.1) is 0 Å². The fourth-order valence-electron chi connectivity index (χ4n) is 6.00. The number of anilines is 2. The van der Waals surface area contributed by atoms with E-state index in [0.717, 1.165) is 64.1 Å². The number of amides is 2. The van der Waals surface area contributed by atoms with Crippen LogP contribution in [0, 0.1) is 11.8 Å². The molecule has 49 heavy (non-hydrogen) atoms. The van der Waals surface area contributed by atoms with Gasteiger partial charge in [0.1, 0.15) is 11.3 Å². The van der Waals surface area contributed by atoms with Crippen molar-refractivity contribution in [1.29, 1.82) is 0 Å². The summed E-state index contributed by atoms with van der Waals surface area (Å²) in [6.45, 7) is 15.9. The Hall–Kier alpha value is -5.19. The molecular weight excluding hydrogens is 606 g/mol. The summed E-state index contributed by atoms with van der Waals surface area (Å²) in [5.74, 6) is 6.92. The van der Waals surface area contributed by atoms with Gasteiger partial charge in [-0.25, -0.2) is 9.78 Å². The molecule has 0 atom stereocenters. The van der Waals surface area contributed by atoms with Gasteiger partial charge in [0, 0.05) is 29.4 Å². The second-order valence-electron chi connectivity index (χ2n) is 12.9. The number of aromatic amines is 1. The average molecular weight is 654 g/mol. The van der Waals surface area contributed by atoms with Gasteiger partial charge in [0.05, 0.1) is 6.54 Å². The van der Waals surface area contributed by atoms with Crippen molar-refractivity contribution in [3.05, 3.63) is 124 Å². The molecule has 0 aliphatic carbocycles. The van der Waals surface area contributed by atoms with Gasteiger partial charge in [-0.2, -0.15) is 0 Å². The summed E-state index contributed by atoms with van der Waals surface area (Å²) in [4.78, 5) is 38.8. The van der Waals surface area contributed by atoms with Crippen LogP contribution in [0.25, 0.3) is 22.2 Å². The second-order valence-corrected chi connectivity index (χ2v) is 12.9. The molecule has 2 N–H and O–H groups in total. The highest BCUT2D eigenvalue weighted by Gasteiger charge is 2.24. The zero-order valence-corrected chi connectivity index (χ0v) is 29.5. The molecule has 2 aromatic heterocycles. The lowest BCUT2D eigenvalue weighted by molar-refractivity contribution is 0.257. The third-order valence-corrected chi connectivity index (χ3v) is 8.90. The van der Waals surface area contributed by atoms with E-state index in [4.69, 9.17) is 0 Å². The average Bonchev–Trinajstić information content (AvgIpc) is 3.10. The highest BCUT2D eigenvalue weighted by molar-refractivity contribution is 6.03. The van der Waals surface area contributed by atoms with Gasteiger partial charge in [0.2, 0.25) is 0 Å². The van der Waals surface area contributed by atoms with Gasteiger partial charge >= 0.3 is 6.03 Å². The Kier molecular flexibility index (Phi) is 11.7. The van der Waals surface area contributed by atoms with Gasteiger partial charge in [0.25, 0.3) is 5.56 Å². The summed E-state index contributed by atoms with van der Waals surface area (Å²) in [5.41, 5.74) is 7.47. The van der Waals surface area contributed by atoms with Gasteiger partial charge in [0.15, 0.2) is 0 Å². The van der Waals surface area contributed by atoms with Gasteiger partial charge in [-0.1, -0.05) is 95.8 Å². The van der Waals surface area contributed by atoms with E-state index in [1.54, 1.807) is 17.2 Å². The second kappa shape index (κ2) is 16.3. The van der Waals surface area contributed by atoms with E-state index in [9.17, 15) is 9.59 Å². The molecule has 0 aliphatic rings. The van der Waals surface area contributed by atoms with Crippen molar-refractivity contribution in [2.45, 2.75) is 59.8 Å². The van der Waals surface area contributed by atoms with Crippen LogP contribution in [-0.4, -0.2) is 47.1 Å². The topological polar surface area (TPSA) is 81.3 Å². The first-order valence-electron chi connectivity index (χ1n) is 17.3. The number of hydrogen-bond donors (Lipinski definition) is 2. The van der Waals surface area contributed by atoms with Crippen molar-refractivity contribution < 1.29 is 4.79 Å². The summed E-state index contributed by atoms with van der Waals surface area (Å²) in [7, 11) is 0. The van der Waals surface area contributed by atoms with Crippen LogP contribution in [0.2, 0.25) is 0 Å². The van der Waals surface area contributed by atoms with Crippen molar-refractivity contribution in [3.63, 3.8) is 0 Å². The van der Waals surface area contributed by atoms with Crippen molar-refractivity contribution in [2.24, 2.45) is 0 Å². The maximum atomic E-state index is 14.4. The third-order valence-electron chi connectivity index (χ3n) is 8.90. The summed E-state index contributed by atoms with van der Waals surface area (Å²) in [5, 5.41) is 4.04. The molecule has 2 heterocycles. The Morgan fingerprint density at radius 2 is 1.57 bits per heavy atom. The number of H-pyrrole nitrogens is 1. The highest BCUT2D eigenvalue weighted by Crippen LogP contribution is 2.38. The number of aromatic nitrogens is 2. The minimum Gasteiger partial charge on any atom is -0.307 e. The molecule has 0 aliphatic heterocycles. The molecule has 0 bridgehead atoms. The number of pyridine rings is 2. The first-order chi connectivity index (χ1) is 23.7. The maximum absolute atomic E-state index is 14.4. The van der Waals surface area contributed by atoms with E-state index in [2.05, 4.69) is 110 Å². The van der Waals surface area contributed by atoms with Crippen molar-refractivity contribution in [3.8, 4) is 23.0 Å². The highest BCUT2D eigenvalue weighted by atomic mass is 16.2. The molecule has 0 saturated carbocycles. The Labute approximate surface area is 290 Å². The zero-order chi connectivity index (χ0) is 34.9. The number of carbonyl (C=O) groups excluding carboxylic acids is 1. The molecule has 252 valence electrons. The molecule has 5 rings (SSSR count). The number of carbonyl (C=O) groups is 1. The van der Waals surface area contributed by atoms with Crippen molar-refractivity contribution >= 4 is 28.4 Å². The lowest BCUT2D eigenvalue weighted by atomic mass is 9.88. The van der Waals surface area contributed by atoms with Gasteiger partial charge in [-0.05, 0) is 102 Å². The normalized spacial score (nSPS) is 11.2. The van der Waals surface area contributed by atoms with Gasteiger partial charge in [-0.3, -0.25) is 14.6 Å². The van der Waals surface area contributed by atoms with Crippen LogP contribution in [0.15, 0.2) is 95.9 Å². The first kappa shape index (κ1) is 35.1. The monoisotopic (exact) mass is 653 g/mol. The Morgan fingerprint density at radius 3 is 2.24 bits per heavy atom. The molecule has 3 aromatic carbocycles.